The summed E-state index contributed by atoms with van der Waals surface area (Å²) in [6.45, 7) is 2.81. The van der Waals surface area contributed by atoms with Gasteiger partial charge in [-0.15, -0.1) is 0 Å². The second kappa shape index (κ2) is 5.71. The molecular weight excluding hydrogens is 294 g/mol. The fraction of sp³-hybridized carbons (Fsp3) is 0.462. The van der Waals surface area contributed by atoms with Gasteiger partial charge in [0.15, 0.2) is 0 Å². The Morgan fingerprint density at radius 3 is 2.94 bits per heavy atom. The molecule has 1 heterocycles. The van der Waals surface area contributed by atoms with Gasteiger partial charge in [0, 0.05) is 11.6 Å². The molecular formula is C13H18BrN3O. The van der Waals surface area contributed by atoms with E-state index in [1.165, 1.54) is 0 Å². The molecule has 0 aliphatic carbocycles. The monoisotopic (exact) mass is 311 g/mol. The Hall–Kier alpha value is -1.07. The highest BCUT2D eigenvalue weighted by atomic mass is 79.9. The van der Waals surface area contributed by atoms with Crippen molar-refractivity contribution >= 4 is 32.9 Å². The van der Waals surface area contributed by atoms with Crippen molar-refractivity contribution in [2.75, 3.05) is 19.5 Å². The highest BCUT2D eigenvalue weighted by Crippen LogP contribution is 2.28. The lowest BCUT2D eigenvalue weighted by Gasteiger charge is -2.19. The summed E-state index contributed by atoms with van der Waals surface area (Å²) in [5, 5.41) is 0. The second-order valence-electron chi connectivity index (χ2n) is 4.37. The predicted octanol–water partition coefficient (Wildman–Crippen LogP) is 3.37. The Balaban J connectivity index is 2.52. The summed E-state index contributed by atoms with van der Waals surface area (Å²) in [6, 6.07) is 6.24. The minimum atomic E-state index is 0.235. The van der Waals surface area contributed by atoms with Gasteiger partial charge in [-0.3, -0.25) is 0 Å². The van der Waals surface area contributed by atoms with Gasteiger partial charge >= 0.3 is 0 Å². The number of ether oxygens (including phenoxy) is 1. The van der Waals surface area contributed by atoms with E-state index in [0.29, 0.717) is 12.6 Å². The van der Waals surface area contributed by atoms with E-state index in [2.05, 4.69) is 38.5 Å². The zero-order valence-electron chi connectivity index (χ0n) is 10.7. The first-order valence-electron chi connectivity index (χ1n) is 6.09. The molecule has 1 aromatic carbocycles. The highest BCUT2D eigenvalue weighted by Gasteiger charge is 2.17. The fourth-order valence-corrected chi connectivity index (χ4v) is 2.63. The molecule has 0 aliphatic rings. The number of nitrogens with two attached hydrogens (primary N) is 1. The molecule has 0 radical (unpaired) electrons. The van der Waals surface area contributed by atoms with Crippen molar-refractivity contribution in [1.82, 2.24) is 9.55 Å². The number of aromatic nitrogens is 2. The zero-order chi connectivity index (χ0) is 13.1. The topological polar surface area (TPSA) is 53.1 Å². The molecule has 1 unspecified atom stereocenters. The number of anilines is 1. The van der Waals surface area contributed by atoms with E-state index in [1.54, 1.807) is 7.11 Å². The van der Waals surface area contributed by atoms with Crippen LogP contribution < -0.4 is 5.73 Å². The smallest absolute Gasteiger partial charge is 0.201 e. The highest BCUT2D eigenvalue weighted by molar-refractivity contribution is 9.10. The third kappa shape index (κ3) is 2.52. The number of nitrogens with zero attached hydrogens (tertiary/aromatic N) is 2. The van der Waals surface area contributed by atoms with Crippen LogP contribution in [0, 0.1) is 0 Å². The third-order valence-electron chi connectivity index (χ3n) is 3.02. The van der Waals surface area contributed by atoms with Gasteiger partial charge in [-0.05, 0) is 24.6 Å². The molecule has 0 spiro atoms. The summed E-state index contributed by atoms with van der Waals surface area (Å²) in [4.78, 5) is 4.40. The molecule has 0 amide bonds. The van der Waals surface area contributed by atoms with Crippen molar-refractivity contribution in [3.63, 3.8) is 0 Å². The van der Waals surface area contributed by atoms with Gasteiger partial charge < -0.3 is 15.0 Å². The quantitative estimate of drug-likeness (QED) is 0.921. The van der Waals surface area contributed by atoms with E-state index >= 15 is 0 Å². The van der Waals surface area contributed by atoms with Gasteiger partial charge in [0.05, 0.1) is 23.7 Å². The number of nitrogen functional groups attached to an aromatic ring is 1. The van der Waals surface area contributed by atoms with Crippen LogP contribution in [0.15, 0.2) is 22.7 Å². The third-order valence-corrected chi connectivity index (χ3v) is 3.52. The molecule has 0 fully saturated rings. The maximum absolute atomic E-state index is 6.05. The van der Waals surface area contributed by atoms with Gasteiger partial charge in [0.25, 0.3) is 0 Å². The van der Waals surface area contributed by atoms with Crippen LogP contribution in [0.25, 0.3) is 11.0 Å². The Labute approximate surface area is 115 Å². The van der Waals surface area contributed by atoms with Crippen LogP contribution in [0.4, 0.5) is 5.95 Å². The molecule has 2 rings (SSSR count). The number of hydrogen-bond donors (Lipinski definition) is 1. The molecule has 0 bridgehead atoms. The summed E-state index contributed by atoms with van der Waals surface area (Å²) in [7, 11) is 1.72. The Morgan fingerprint density at radius 1 is 1.50 bits per heavy atom. The van der Waals surface area contributed by atoms with Crippen LogP contribution >= 0.6 is 15.9 Å². The zero-order valence-corrected chi connectivity index (χ0v) is 12.3. The van der Waals surface area contributed by atoms with Crippen molar-refractivity contribution < 1.29 is 4.74 Å². The van der Waals surface area contributed by atoms with Crippen LogP contribution in [0.2, 0.25) is 0 Å². The van der Waals surface area contributed by atoms with Crippen molar-refractivity contribution in [3.05, 3.63) is 22.7 Å². The summed E-state index contributed by atoms with van der Waals surface area (Å²) in [6.07, 6.45) is 2.11. The summed E-state index contributed by atoms with van der Waals surface area (Å²) < 4.78 is 8.41. The van der Waals surface area contributed by atoms with Gasteiger partial charge in [0.1, 0.15) is 0 Å². The molecule has 0 saturated heterocycles. The number of imidazole rings is 1. The van der Waals surface area contributed by atoms with Gasteiger partial charge in [0.2, 0.25) is 5.95 Å². The number of hydrogen-bond acceptors (Lipinski definition) is 3. The van der Waals surface area contributed by atoms with Crippen molar-refractivity contribution in [3.8, 4) is 0 Å². The van der Waals surface area contributed by atoms with E-state index in [4.69, 9.17) is 10.5 Å². The Kier molecular flexibility index (Phi) is 4.24. The normalized spacial score (nSPS) is 13.1. The first-order chi connectivity index (χ1) is 8.67. The van der Waals surface area contributed by atoms with Crippen LogP contribution in [-0.2, 0) is 4.74 Å². The van der Waals surface area contributed by atoms with Gasteiger partial charge in [-0.2, -0.15) is 0 Å². The van der Waals surface area contributed by atoms with E-state index in [1.807, 2.05) is 12.1 Å². The van der Waals surface area contributed by atoms with Crippen LogP contribution in [0.1, 0.15) is 25.8 Å². The summed E-state index contributed by atoms with van der Waals surface area (Å²) >= 11 is 3.49. The average molecular weight is 312 g/mol. The maximum Gasteiger partial charge on any atom is 0.201 e. The number of benzene rings is 1. The number of methoxy groups -OCH3 is 1. The maximum atomic E-state index is 6.05. The molecule has 2 aromatic rings. The number of rotatable bonds is 5. The number of halogens is 1. The van der Waals surface area contributed by atoms with Crippen molar-refractivity contribution in [2.45, 2.75) is 25.8 Å². The van der Waals surface area contributed by atoms with Gasteiger partial charge in [-0.25, -0.2) is 4.98 Å². The fourth-order valence-electron chi connectivity index (χ4n) is 2.28. The van der Waals surface area contributed by atoms with Crippen LogP contribution in [-0.4, -0.2) is 23.3 Å². The molecule has 0 aliphatic heterocycles. The lowest BCUT2D eigenvalue weighted by molar-refractivity contribution is 0.153. The van der Waals surface area contributed by atoms with Crippen molar-refractivity contribution in [2.24, 2.45) is 0 Å². The van der Waals surface area contributed by atoms with Crippen LogP contribution in [0.5, 0.6) is 0 Å². The Bertz CT molecular complexity index is 532. The number of fused-ring (bicyclic) bond motifs is 1. The molecule has 1 atom stereocenters. The standard InChI is InChI=1S/C13H18BrN3O/c1-3-4-10(8-18-2)17-12-7-9(14)5-6-11(12)16-13(17)15/h5-7,10H,3-4,8H2,1-2H3,(H2,15,16). The van der Waals surface area contributed by atoms with E-state index in [9.17, 15) is 0 Å². The van der Waals surface area contributed by atoms with Crippen LogP contribution in [0.3, 0.4) is 0 Å². The molecule has 18 heavy (non-hydrogen) atoms. The molecule has 2 N–H and O–H groups in total. The van der Waals surface area contributed by atoms with E-state index in [0.717, 1.165) is 28.3 Å². The first-order valence-corrected chi connectivity index (χ1v) is 6.88. The lowest BCUT2D eigenvalue weighted by atomic mass is 10.1. The molecule has 1 aromatic heterocycles. The minimum Gasteiger partial charge on any atom is -0.383 e. The average Bonchev–Trinajstić information content (AvgIpc) is 2.64. The first kappa shape index (κ1) is 13.4. The predicted molar refractivity (Wildman–Crippen MR) is 77.7 cm³/mol. The minimum absolute atomic E-state index is 0.235. The molecule has 5 heteroatoms. The summed E-state index contributed by atoms with van der Waals surface area (Å²) in [5.74, 6) is 0.554. The lowest BCUT2D eigenvalue weighted by Crippen LogP contribution is -2.16. The molecule has 98 valence electrons. The molecule has 0 saturated carbocycles. The van der Waals surface area contributed by atoms with E-state index < -0.39 is 0 Å². The molecule has 4 nitrogen and oxygen atoms in total. The Morgan fingerprint density at radius 2 is 2.28 bits per heavy atom. The summed E-state index contributed by atoms with van der Waals surface area (Å²) in [5.41, 5.74) is 8.02. The second-order valence-corrected chi connectivity index (χ2v) is 5.29. The van der Waals surface area contributed by atoms with Gasteiger partial charge in [-0.1, -0.05) is 29.3 Å². The largest absolute Gasteiger partial charge is 0.383 e. The van der Waals surface area contributed by atoms with Crippen molar-refractivity contribution in [1.29, 1.82) is 0 Å². The SMILES string of the molecule is CCCC(COC)n1c(N)nc2ccc(Br)cc21. The van der Waals surface area contributed by atoms with E-state index in [-0.39, 0.29) is 6.04 Å².